The summed E-state index contributed by atoms with van der Waals surface area (Å²) in [6, 6.07) is 11.3. The van der Waals surface area contributed by atoms with Crippen molar-refractivity contribution in [2.24, 2.45) is 0 Å². The molecule has 5 heteroatoms. The number of aryl methyl sites for hydroxylation is 1. The Balaban J connectivity index is 2.31. The average Bonchev–Trinajstić information content (AvgIpc) is 2.47. The van der Waals surface area contributed by atoms with Gasteiger partial charge in [0, 0.05) is 23.0 Å². The lowest BCUT2D eigenvalue weighted by molar-refractivity contribution is 1.20. The Kier molecular flexibility index (Phi) is 3.70. The Morgan fingerprint density at radius 2 is 1.86 bits per heavy atom. The molecule has 0 bridgehead atoms. The second kappa shape index (κ2) is 5.51. The maximum Gasteiger partial charge on any atom is 0.163 e. The molecule has 0 unspecified atom stereocenters. The normalized spacial score (nSPS) is 10.9. The van der Waals surface area contributed by atoms with Crippen LogP contribution in [0.15, 0.2) is 36.4 Å². The summed E-state index contributed by atoms with van der Waals surface area (Å²) in [6.45, 7) is 2.03. The van der Waals surface area contributed by atoms with Crippen LogP contribution in [0, 0.1) is 6.92 Å². The van der Waals surface area contributed by atoms with Gasteiger partial charge >= 0.3 is 0 Å². The van der Waals surface area contributed by atoms with Crippen molar-refractivity contribution in [3.05, 3.63) is 52.0 Å². The summed E-state index contributed by atoms with van der Waals surface area (Å²) in [7, 11) is 1.84. The summed E-state index contributed by atoms with van der Waals surface area (Å²) in [5.41, 5.74) is 2.78. The zero-order valence-corrected chi connectivity index (χ0v) is 13.1. The fourth-order valence-corrected chi connectivity index (χ4v) is 2.77. The van der Waals surface area contributed by atoms with Gasteiger partial charge in [-0.1, -0.05) is 35.3 Å². The van der Waals surface area contributed by atoms with Gasteiger partial charge in [-0.05, 0) is 36.8 Å². The van der Waals surface area contributed by atoms with Crippen LogP contribution in [0.25, 0.3) is 22.3 Å². The molecule has 1 heterocycles. The van der Waals surface area contributed by atoms with E-state index in [9.17, 15) is 0 Å². The molecule has 21 heavy (non-hydrogen) atoms. The van der Waals surface area contributed by atoms with Crippen molar-refractivity contribution >= 4 is 39.9 Å². The number of benzene rings is 2. The second-order valence-electron chi connectivity index (χ2n) is 4.74. The van der Waals surface area contributed by atoms with E-state index in [0.717, 1.165) is 27.8 Å². The lowest BCUT2D eigenvalue weighted by atomic mass is 10.1. The van der Waals surface area contributed by atoms with E-state index in [-0.39, 0.29) is 0 Å². The molecule has 0 spiro atoms. The highest BCUT2D eigenvalue weighted by molar-refractivity contribution is 6.36. The first-order valence-corrected chi connectivity index (χ1v) is 7.26. The summed E-state index contributed by atoms with van der Waals surface area (Å²) in [6.07, 6.45) is 0. The van der Waals surface area contributed by atoms with Crippen molar-refractivity contribution in [2.45, 2.75) is 6.92 Å². The van der Waals surface area contributed by atoms with E-state index in [4.69, 9.17) is 23.2 Å². The lowest BCUT2D eigenvalue weighted by Gasteiger charge is -2.10. The number of halogens is 2. The molecule has 0 saturated carbocycles. The lowest BCUT2D eigenvalue weighted by Crippen LogP contribution is -2.00. The van der Waals surface area contributed by atoms with E-state index >= 15 is 0 Å². The van der Waals surface area contributed by atoms with Crippen molar-refractivity contribution in [3.8, 4) is 11.4 Å². The monoisotopic (exact) mass is 317 g/mol. The van der Waals surface area contributed by atoms with Gasteiger partial charge in [-0.25, -0.2) is 9.97 Å². The van der Waals surface area contributed by atoms with E-state index in [1.807, 2.05) is 38.2 Å². The Bertz CT molecular complexity index is 831. The van der Waals surface area contributed by atoms with E-state index < -0.39 is 0 Å². The summed E-state index contributed by atoms with van der Waals surface area (Å²) in [5, 5.41) is 5.24. The molecule has 2 aromatic carbocycles. The molecule has 3 rings (SSSR count). The van der Waals surface area contributed by atoms with Crippen LogP contribution >= 0.6 is 23.2 Å². The van der Waals surface area contributed by atoms with Crippen LogP contribution in [0.4, 0.5) is 5.82 Å². The molecule has 0 aliphatic rings. The minimum absolute atomic E-state index is 0.539. The second-order valence-corrected chi connectivity index (χ2v) is 5.58. The maximum absolute atomic E-state index is 6.27. The van der Waals surface area contributed by atoms with Gasteiger partial charge in [0.05, 0.1) is 10.5 Å². The predicted molar refractivity (Wildman–Crippen MR) is 89.3 cm³/mol. The fourth-order valence-electron chi connectivity index (χ4n) is 2.28. The minimum Gasteiger partial charge on any atom is -0.373 e. The highest BCUT2D eigenvalue weighted by Crippen LogP contribution is 2.31. The van der Waals surface area contributed by atoms with Crippen molar-refractivity contribution in [3.63, 3.8) is 0 Å². The highest BCUT2D eigenvalue weighted by atomic mass is 35.5. The van der Waals surface area contributed by atoms with Crippen LogP contribution in [0.1, 0.15) is 5.56 Å². The average molecular weight is 318 g/mol. The molecule has 0 amide bonds. The summed E-state index contributed by atoms with van der Waals surface area (Å²) in [5.74, 6) is 1.37. The fraction of sp³-hybridized carbons (Fsp3) is 0.125. The molecular formula is C16H13Cl2N3. The van der Waals surface area contributed by atoms with Crippen molar-refractivity contribution < 1.29 is 0 Å². The van der Waals surface area contributed by atoms with E-state index in [2.05, 4.69) is 15.3 Å². The van der Waals surface area contributed by atoms with Crippen LogP contribution < -0.4 is 5.32 Å². The molecule has 1 N–H and O–H groups in total. The van der Waals surface area contributed by atoms with Crippen molar-refractivity contribution in [1.29, 1.82) is 0 Å². The first-order valence-electron chi connectivity index (χ1n) is 6.50. The van der Waals surface area contributed by atoms with Crippen LogP contribution in [-0.2, 0) is 0 Å². The van der Waals surface area contributed by atoms with E-state index in [1.54, 1.807) is 12.1 Å². The topological polar surface area (TPSA) is 37.8 Å². The molecule has 0 saturated heterocycles. The van der Waals surface area contributed by atoms with Gasteiger partial charge < -0.3 is 5.32 Å². The van der Waals surface area contributed by atoms with Gasteiger partial charge in [-0.2, -0.15) is 0 Å². The van der Waals surface area contributed by atoms with Crippen LogP contribution in [-0.4, -0.2) is 17.0 Å². The summed E-state index contributed by atoms with van der Waals surface area (Å²) in [4.78, 5) is 9.24. The van der Waals surface area contributed by atoms with Crippen molar-refractivity contribution in [1.82, 2.24) is 9.97 Å². The maximum atomic E-state index is 6.27. The third kappa shape index (κ3) is 2.55. The zero-order valence-electron chi connectivity index (χ0n) is 11.6. The molecule has 3 nitrogen and oxygen atoms in total. The molecule has 0 atom stereocenters. The molecule has 0 aliphatic carbocycles. The number of hydrogen-bond acceptors (Lipinski definition) is 3. The van der Waals surface area contributed by atoms with Crippen molar-refractivity contribution in [2.75, 3.05) is 12.4 Å². The Labute approximate surface area is 132 Å². The Hall–Kier alpha value is -1.84. The number of rotatable bonds is 2. The highest BCUT2D eigenvalue weighted by Gasteiger charge is 2.12. The number of nitrogens with zero attached hydrogens (tertiary/aromatic N) is 2. The third-order valence-corrected chi connectivity index (χ3v) is 3.88. The first kappa shape index (κ1) is 14.1. The number of para-hydroxylation sites is 1. The van der Waals surface area contributed by atoms with Gasteiger partial charge in [0.1, 0.15) is 5.82 Å². The molecule has 0 radical (unpaired) electrons. The van der Waals surface area contributed by atoms with Gasteiger partial charge in [0.15, 0.2) is 5.82 Å². The number of nitrogens with one attached hydrogen (secondary N) is 1. The summed E-state index contributed by atoms with van der Waals surface area (Å²) < 4.78 is 0. The summed E-state index contributed by atoms with van der Waals surface area (Å²) >= 11 is 12.2. The molecule has 1 aromatic heterocycles. The smallest absolute Gasteiger partial charge is 0.163 e. The van der Waals surface area contributed by atoms with E-state index in [0.29, 0.717) is 15.9 Å². The quantitative estimate of drug-likeness (QED) is 0.726. The molecule has 0 fully saturated rings. The number of hydrogen-bond donors (Lipinski definition) is 1. The van der Waals surface area contributed by atoms with Crippen LogP contribution in [0.3, 0.4) is 0 Å². The minimum atomic E-state index is 0.539. The van der Waals surface area contributed by atoms with Crippen LogP contribution in [0.5, 0.6) is 0 Å². The molecular weight excluding hydrogens is 305 g/mol. The Morgan fingerprint density at radius 1 is 1.05 bits per heavy atom. The first-order chi connectivity index (χ1) is 10.1. The number of aromatic nitrogens is 2. The molecule has 0 aliphatic heterocycles. The third-order valence-electron chi connectivity index (χ3n) is 3.34. The largest absolute Gasteiger partial charge is 0.373 e. The molecule has 106 valence electrons. The van der Waals surface area contributed by atoms with Gasteiger partial charge in [-0.15, -0.1) is 0 Å². The Morgan fingerprint density at radius 3 is 2.57 bits per heavy atom. The zero-order chi connectivity index (χ0) is 15.0. The predicted octanol–water partition coefficient (Wildman–Crippen LogP) is 4.95. The standard InChI is InChI=1S/C16H13Cl2N3/c1-9-4-3-5-12-14(9)20-16(21-15(12)19-2)11-7-6-10(17)8-13(11)18/h3-8H,1-2H3,(H,19,20,21). The van der Waals surface area contributed by atoms with E-state index in [1.165, 1.54) is 0 Å². The van der Waals surface area contributed by atoms with Gasteiger partial charge in [0.25, 0.3) is 0 Å². The van der Waals surface area contributed by atoms with Crippen LogP contribution in [0.2, 0.25) is 10.0 Å². The number of anilines is 1. The SMILES string of the molecule is CNc1nc(-c2ccc(Cl)cc2Cl)nc2c(C)cccc12. The number of fused-ring (bicyclic) bond motifs is 1. The van der Waals surface area contributed by atoms with Gasteiger partial charge in [-0.3, -0.25) is 0 Å². The van der Waals surface area contributed by atoms with Gasteiger partial charge in [0.2, 0.25) is 0 Å². The molecule has 3 aromatic rings.